The summed E-state index contributed by atoms with van der Waals surface area (Å²) in [5, 5.41) is 11.1. The molecule has 0 radical (unpaired) electrons. The van der Waals surface area contributed by atoms with E-state index in [0.29, 0.717) is 21.3 Å². The van der Waals surface area contributed by atoms with Gasteiger partial charge in [-0.1, -0.05) is 35.3 Å². The highest BCUT2D eigenvalue weighted by Crippen LogP contribution is 2.28. The molecule has 0 saturated heterocycles. The van der Waals surface area contributed by atoms with Gasteiger partial charge < -0.3 is 5.11 Å². The lowest BCUT2D eigenvalue weighted by Gasteiger charge is -2.13. The Hall–Kier alpha value is -1.09. The van der Waals surface area contributed by atoms with Crippen LogP contribution in [0.15, 0.2) is 36.5 Å². The molecular weight excluding hydrogens is 257 g/mol. The Bertz CT molecular complexity index is 543. The number of nitrogens with zero attached hydrogens (tertiary/aromatic N) is 1. The van der Waals surface area contributed by atoms with E-state index in [9.17, 15) is 5.11 Å². The zero-order valence-electron chi connectivity index (χ0n) is 9.19. The summed E-state index contributed by atoms with van der Waals surface area (Å²) in [6.07, 6.45) is 0.870. The second-order valence-corrected chi connectivity index (χ2v) is 4.60. The molecular formula is C13H11Cl2NO. The number of aliphatic hydroxyl groups is 1. The second-order valence-electron chi connectivity index (χ2n) is 3.78. The largest absolute Gasteiger partial charge is 0.382 e. The maximum atomic E-state index is 10.2. The number of pyridine rings is 1. The van der Waals surface area contributed by atoms with Crippen molar-refractivity contribution < 1.29 is 5.11 Å². The smallest absolute Gasteiger partial charge is 0.121 e. The number of aryl methyl sites for hydroxylation is 1. The van der Waals surface area contributed by atoms with Gasteiger partial charge in [0.05, 0.1) is 15.7 Å². The Morgan fingerprint density at radius 3 is 2.59 bits per heavy atom. The van der Waals surface area contributed by atoms with Crippen LogP contribution in [0.25, 0.3) is 0 Å². The highest BCUT2D eigenvalue weighted by atomic mass is 35.5. The van der Waals surface area contributed by atoms with Crippen LogP contribution in [0.5, 0.6) is 0 Å². The maximum Gasteiger partial charge on any atom is 0.121 e. The minimum Gasteiger partial charge on any atom is -0.382 e. The van der Waals surface area contributed by atoms with Gasteiger partial charge in [0.15, 0.2) is 0 Å². The number of aliphatic hydroxyl groups excluding tert-OH is 1. The number of hydrogen-bond acceptors (Lipinski definition) is 2. The normalized spacial score (nSPS) is 12.5. The molecule has 2 rings (SSSR count). The SMILES string of the molecule is Cc1cccnc1C(O)c1ccc(Cl)c(Cl)c1. The Morgan fingerprint density at radius 1 is 1.18 bits per heavy atom. The fourth-order valence-electron chi connectivity index (χ4n) is 1.62. The van der Waals surface area contributed by atoms with Gasteiger partial charge in [0.2, 0.25) is 0 Å². The lowest BCUT2D eigenvalue weighted by Crippen LogP contribution is -2.04. The first-order valence-electron chi connectivity index (χ1n) is 5.14. The van der Waals surface area contributed by atoms with Crippen LogP contribution in [-0.4, -0.2) is 10.1 Å². The number of aromatic nitrogens is 1. The van der Waals surface area contributed by atoms with E-state index in [-0.39, 0.29) is 0 Å². The molecule has 17 heavy (non-hydrogen) atoms. The first-order valence-corrected chi connectivity index (χ1v) is 5.89. The highest BCUT2D eigenvalue weighted by molar-refractivity contribution is 6.42. The molecule has 0 spiro atoms. The third-order valence-electron chi connectivity index (χ3n) is 2.57. The van der Waals surface area contributed by atoms with Gasteiger partial charge >= 0.3 is 0 Å². The lowest BCUT2D eigenvalue weighted by atomic mass is 10.0. The molecule has 1 atom stereocenters. The number of hydrogen-bond donors (Lipinski definition) is 1. The van der Waals surface area contributed by atoms with Crippen LogP contribution in [-0.2, 0) is 0 Å². The molecule has 1 aromatic heterocycles. The molecule has 1 N–H and O–H groups in total. The Kier molecular flexibility index (Phi) is 3.67. The zero-order valence-corrected chi connectivity index (χ0v) is 10.7. The van der Waals surface area contributed by atoms with Crippen molar-refractivity contribution in [2.24, 2.45) is 0 Å². The van der Waals surface area contributed by atoms with Crippen molar-refractivity contribution in [3.05, 3.63) is 63.4 Å². The second kappa shape index (κ2) is 5.05. The van der Waals surface area contributed by atoms with E-state index in [1.54, 1.807) is 24.4 Å². The predicted molar refractivity (Wildman–Crippen MR) is 69.5 cm³/mol. The summed E-state index contributed by atoms with van der Waals surface area (Å²) in [7, 11) is 0. The molecule has 0 fully saturated rings. The fraction of sp³-hybridized carbons (Fsp3) is 0.154. The maximum absolute atomic E-state index is 10.2. The van der Waals surface area contributed by atoms with Crippen LogP contribution >= 0.6 is 23.2 Å². The third kappa shape index (κ3) is 2.60. The number of benzene rings is 1. The molecule has 0 amide bonds. The van der Waals surface area contributed by atoms with E-state index < -0.39 is 6.10 Å². The molecule has 0 aliphatic heterocycles. The van der Waals surface area contributed by atoms with Gasteiger partial charge in [0, 0.05) is 6.20 Å². The first kappa shape index (κ1) is 12.4. The molecule has 0 aliphatic rings. The average molecular weight is 268 g/mol. The van der Waals surface area contributed by atoms with Crippen molar-refractivity contribution in [3.8, 4) is 0 Å². The molecule has 0 saturated carbocycles. The molecule has 0 aliphatic carbocycles. The Labute approximate surface area is 110 Å². The van der Waals surface area contributed by atoms with Crippen molar-refractivity contribution in [1.29, 1.82) is 0 Å². The molecule has 2 aromatic rings. The van der Waals surface area contributed by atoms with E-state index in [1.165, 1.54) is 0 Å². The quantitative estimate of drug-likeness (QED) is 0.899. The highest BCUT2D eigenvalue weighted by Gasteiger charge is 2.14. The van der Waals surface area contributed by atoms with Crippen LogP contribution < -0.4 is 0 Å². The van der Waals surface area contributed by atoms with E-state index in [4.69, 9.17) is 23.2 Å². The monoisotopic (exact) mass is 267 g/mol. The molecule has 1 unspecified atom stereocenters. The third-order valence-corrected chi connectivity index (χ3v) is 3.31. The topological polar surface area (TPSA) is 33.1 Å². The summed E-state index contributed by atoms with van der Waals surface area (Å²) in [6.45, 7) is 1.91. The van der Waals surface area contributed by atoms with Crippen molar-refractivity contribution in [1.82, 2.24) is 4.98 Å². The molecule has 4 heteroatoms. The van der Waals surface area contributed by atoms with Gasteiger partial charge in [-0.05, 0) is 36.2 Å². The summed E-state index contributed by atoms with van der Waals surface area (Å²) in [5.74, 6) is 0. The minimum absolute atomic E-state index is 0.428. The van der Waals surface area contributed by atoms with E-state index in [1.807, 2.05) is 19.1 Å². The van der Waals surface area contributed by atoms with Crippen LogP contribution in [0, 0.1) is 6.92 Å². The van der Waals surface area contributed by atoms with Crippen molar-refractivity contribution in [2.45, 2.75) is 13.0 Å². The molecule has 0 bridgehead atoms. The summed E-state index contributed by atoms with van der Waals surface area (Å²) >= 11 is 11.8. The standard InChI is InChI=1S/C13H11Cl2NO/c1-8-3-2-6-16-12(8)13(17)9-4-5-10(14)11(15)7-9/h2-7,13,17H,1H3. The summed E-state index contributed by atoms with van der Waals surface area (Å²) in [5.41, 5.74) is 2.25. The number of halogens is 2. The van der Waals surface area contributed by atoms with Gasteiger partial charge in [-0.2, -0.15) is 0 Å². The molecule has 2 nitrogen and oxygen atoms in total. The zero-order chi connectivity index (χ0) is 12.4. The fourth-order valence-corrected chi connectivity index (χ4v) is 1.93. The van der Waals surface area contributed by atoms with Crippen molar-refractivity contribution >= 4 is 23.2 Å². The van der Waals surface area contributed by atoms with Crippen LogP contribution in [0.3, 0.4) is 0 Å². The predicted octanol–water partition coefficient (Wildman–Crippen LogP) is 3.78. The van der Waals surface area contributed by atoms with E-state index >= 15 is 0 Å². The summed E-state index contributed by atoms with van der Waals surface area (Å²) in [6, 6.07) is 8.81. The van der Waals surface area contributed by atoms with Crippen molar-refractivity contribution in [3.63, 3.8) is 0 Å². The van der Waals surface area contributed by atoms with E-state index in [2.05, 4.69) is 4.98 Å². The van der Waals surface area contributed by atoms with Gasteiger partial charge in [0.1, 0.15) is 6.10 Å². The summed E-state index contributed by atoms with van der Waals surface area (Å²) in [4.78, 5) is 4.18. The van der Waals surface area contributed by atoms with Gasteiger partial charge in [-0.15, -0.1) is 0 Å². The molecule has 88 valence electrons. The summed E-state index contributed by atoms with van der Waals surface area (Å²) < 4.78 is 0. The molecule has 1 aromatic carbocycles. The van der Waals surface area contributed by atoms with Crippen LogP contribution in [0.4, 0.5) is 0 Å². The van der Waals surface area contributed by atoms with Crippen molar-refractivity contribution in [2.75, 3.05) is 0 Å². The average Bonchev–Trinajstić information content (AvgIpc) is 2.32. The Morgan fingerprint density at radius 2 is 1.94 bits per heavy atom. The van der Waals surface area contributed by atoms with Gasteiger partial charge in [-0.25, -0.2) is 0 Å². The van der Waals surface area contributed by atoms with E-state index in [0.717, 1.165) is 5.56 Å². The Balaban J connectivity index is 2.40. The lowest BCUT2D eigenvalue weighted by molar-refractivity contribution is 0.214. The van der Waals surface area contributed by atoms with Gasteiger partial charge in [0.25, 0.3) is 0 Å². The van der Waals surface area contributed by atoms with Gasteiger partial charge in [-0.3, -0.25) is 4.98 Å². The van der Waals surface area contributed by atoms with Crippen LogP contribution in [0.2, 0.25) is 10.0 Å². The minimum atomic E-state index is -0.786. The number of rotatable bonds is 2. The van der Waals surface area contributed by atoms with Crippen LogP contribution in [0.1, 0.15) is 22.9 Å². The first-order chi connectivity index (χ1) is 8.09. The molecule has 1 heterocycles.